The zero-order valence-electron chi connectivity index (χ0n) is 22.8. The lowest BCUT2D eigenvalue weighted by atomic mass is 9.95. The molecule has 1 saturated heterocycles. The van der Waals surface area contributed by atoms with Gasteiger partial charge in [0.15, 0.2) is 5.13 Å². The molecule has 8 nitrogen and oxygen atoms in total. The molecule has 2 heterocycles. The molecular weight excluding hydrogens is 552 g/mol. The maximum Gasteiger partial charge on any atom is 0.350 e. The first kappa shape index (κ1) is 29.3. The second-order valence-corrected chi connectivity index (χ2v) is 11.3. The number of hydrogen-bond acceptors (Lipinski definition) is 8. The van der Waals surface area contributed by atoms with Crippen molar-refractivity contribution in [2.45, 2.75) is 46.6 Å². The molecule has 210 valence electrons. The molecule has 1 atom stereocenters. The number of hydrogen-bond donors (Lipinski definition) is 1. The van der Waals surface area contributed by atoms with E-state index in [4.69, 9.17) is 21.1 Å². The fraction of sp³-hybridized carbons (Fsp3) is 0.333. The number of amides is 1. The summed E-state index contributed by atoms with van der Waals surface area (Å²) in [6, 6.07) is 12.4. The quantitative estimate of drug-likeness (QED) is 0.0929. The number of aryl methyl sites for hydroxylation is 1. The number of carbonyl (C=O) groups excluding carboxylic acids is 3. The maximum atomic E-state index is 13.5. The summed E-state index contributed by atoms with van der Waals surface area (Å²) in [6.45, 7) is 8.37. The van der Waals surface area contributed by atoms with Gasteiger partial charge < -0.3 is 14.6 Å². The monoisotopic (exact) mass is 582 g/mol. The number of anilines is 1. The van der Waals surface area contributed by atoms with Gasteiger partial charge in [0, 0.05) is 10.6 Å². The van der Waals surface area contributed by atoms with Crippen molar-refractivity contribution in [2.24, 2.45) is 5.92 Å². The summed E-state index contributed by atoms with van der Waals surface area (Å²) in [5.74, 6) is -1.85. The van der Waals surface area contributed by atoms with E-state index in [9.17, 15) is 19.5 Å². The summed E-state index contributed by atoms with van der Waals surface area (Å²) < 4.78 is 11.1. The highest BCUT2D eigenvalue weighted by Crippen LogP contribution is 2.44. The van der Waals surface area contributed by atoms with Gasteiger partial charge in [-0.25, -0.2) is 9.78 Å². The van der Waals surface area contributed by atoms with Crippen LogP contribution in [0.5, 0.6) is 5.75 Å². The van der Waals surface area contributed by atoms with Crippen molar-refractivity contribution in [3.05, 3.63) is 80.8 Å². The normalized spacial score (nSPS) is 16.6. The number of esters is 1. The highest BCUT2D eigenvalue weighted by molar-refractivity contribution is 7.17. The minimum absolute atomic E-state index is 0.108. The van der Waals surface area contributed by atoms with E-state index >= 15 is 0 Å². The number of benzene rings is 2. The summed E-state index contributed by atoms with van der Waals surface area (Å²) in [5, 5.41) is 11.9. The summed E-state index contributed by atoms with van der Waals surface area (Å²) in [5.41, 5.74) is 1.12. The molecule has 1 fully saturated rings. The average molecular weight is 583 g/mol. The number of ketones is 1. The summed E-state index contributed by atoms with van der Waals surface area (Å²) in [6.07, 6.45) is 1.92. The number of carbonyl (C=O) groups is 3. The minimum Gasteiger partial charge on any atom is -0.507 e. The Balaban J connectivity index is 1.78. The Morgan fingerprint density at radius 1 is 1.18 bits per heavy atom. The van der Waals surface area contributed by atoms with Gasteiger partial charge in [-0.2, -0.15) is 0 Å². The number of aromatic nitrogens is 1. The molecule has 3 aromatic rings. The van der Waals surface area contributed by atoms with Crippen LogP contribution in [0.25, 0.3) is 5.76 Å². The number of ether oxygens (including phenoxy) is 2. The Morgan fingerprint density at radius 2 is 1.90 bits per heavy atom. The molecule has 10 heteroatoms. The van der Waals surface area contributed by atoms with E-state index in [2.05, 4.69) is 11.9 Å². The molecule has 0 bridgehead atoms. The van der Waals surface area contributed by atoms with E-state index in [0.29, 0.717) is 34.2 Å². The predicted molar refractivity (Wildman–Crippen MR) is 155 cm³/mol. The molecule has 1 aliphatic rings. The van der Waals surface area contributed by atoms with Crippen molar-refractivity contribution in [1.29, 1.82) is 0 Å². The first-order valence-electron chi connectivity index (χ1n) is 13.1. The van der Waals surface area contributed by atoms with Crippen LogP contribution < -0.4 is 9.64 Å². The van der Waals surface area contributed by atoms with Gasteiger partial charge in [-0.05, 0) is 61.2 Å². The third kappa shape index (κ3) is 6.21. The molecule has 0 radical (unpaired) electrons. The molecule has 2 aromatic carbocycles. The largest absolute Gasteiger partial charge is 0.507 e. The zero-order valence-corrected chi connectivity index (χ0v) is 24.3. The van der Waals surface area contributed by atoms with Crippen LogP contribution in [0.1, 0.15) is 66.1 Å². The Morgan fingerprint density at radius 3 is 2.55 bits per heavy atom. The van der Waals surface area contributed by atoms with E-state index < -0.39 is 23.7 Å². The second kappa shape index (κ2) is 12.7. The van der Waals surface area contributed by atoms with Crippen LogP contribution in [-0.2, 0) is 14.3 Å². The van der Waals surface area contributed by atoms with E-state index in [1.807, 2.05) is 13.8 Å². The molecule has 0 spiro atoms. The Labute approximate surface area is 242 Å². The average Bonchev–Trinajstić information content (AvgIpc) is 3.44. The SMILES string of the molecule is CCCCOc1ccc(C(O)=C2C(=O)C(=O)N(c3nc(C)c(C(=O)OCC(C)C)s3)[C@@H]2c2cccc(Cl)c2)cc1. The van der Waals surface area contributed by atoms with Crippen molar-refractivity contribution >= 4 is 51.5 Å². The van der Waals surface area contributed by atoms with Gasteiger partial charge >= 0.3 is 11.9 Å². The molecule has 0 aliphatic carbocycles. The molecule has 4 rings (SSSR count). The Bertz CT molecular complexity index is 1450. The van der Waals surface area contributed by atoms with Gasteiger partial charge in [-0.1, -0.05) is 62.3 Å². The smallest absolute Gasteiger partial charge is 0.350 e. The molecule has 1 aliphatic heterocycles. The Hall–Kier alpha value is -3.69. The third-order valence-electron chi connectivity index (χ3n) is 6.23. The lowest BCUT2D eigenvalue weighted by molar-refractivity contribution is -0.132. The molecule has 1 N–H and O–H groups in total. The molecule has 0 saturated carbocycles. The molecule has 1 amide bonds. The first-order valence-corrected chi connectivity index (χ1v) is 14.3. The van der Waals surface area contributed by atoms with Gasteiger partial charge in [-0.3, -0.25) is 14.5 Å². The van der Waals surface area contributed by atoms with E-state index in [-0.39, 0.29) is 33.9 Å². The molecule has 0 unspecified atom stereocenters. The van der Waals surface area contributed by atoms with Gasteiger partial charge in [0.05, 0.1) is 30.5 Å². The van der Waals surface area contributed by atoms with Gasteiger partial charge in [0.2, 0.25) is 0 Å². The van der Waals surface area contributed by atoms with Crippen LogP contribution in [0, 0.1) is 12.8 Å². The second-order valence-electron chi connectivity index (χ2n) is 9.85. The minimum atomic E-state index is -1.02. The van der Waals surface area contributed by atoms with Crippen molar-refractivity contribution in [3.63, 3.8) is 0 Å². The molecular formula is C30H31ClN2O6S. The zero-order chi connectivity index (χ0) is 29.0. The van der Waals surface area contributed by atoms with Crippen molar-refractivity contribution < 1.29 is 29.0 Å². The topological polar surface area (TPSA) is 106 Å². The molecule has 40 heavy (non-hydrogen) atoms. The summed E-state index contributed by atoms with van der Waals surface area (Å²) in [7, 11) is 0. The highest BCUT2D eigenvalue weighted by atomic mass is 35.5. The van der Waals surface area contributed by atoms with Crippen LogP contribution in [0.15, 0.2) is 54.1 Å². The van der Waals surface area contributed by atoms with Gasteiger partial charge in [-0.15, -0.1) is 0 Å². The van der Waals surface area contributed by atoms with Gasteiger partial charge in [0.1, 0.15) is 16.4 Å². The van der Waals surface area contributed by atoms with Crippen LogP contribution in [-0.4, -0.2) is 41.0 Å². The summed E-state index contributed by atoms with van der Waals surface area (Å²) in [4.78, 5) is 45.5. The first-order chi connectivity index (χ1) is 19.1. The lowest BCUT2D eigenvalue weighted by Gasteiger charge is -2.23. The van der Waals surface area contributed by atoms with E-state index in [1.54, 1.807) is 55.5 Å². The standard InChI is InChI=1S/C30H31ClN2O6S/c1-5-6-14-38-22-12-10-19(11-13-22)25(34)23-24(20-8-7-9-21(31)15-20)33(28(36)26(23)35)30-32-18(4)27(40-30)29(37)39-16-17(2)3/h7-13,15,17,24,34H,5-6,14,16H2,1-4H3/t24-/m1/s1. The maximum absolute atomic E-state index is 13.5. The summed E-state index contributed by atoms with van der Waals surface area (Å²) >= 11 is 7.24. The number of thiazole rings is 1. The Kier molecular flexibility index (Phi) is 9.27. The van der Waals surface area contributed by atoms with Crippen LogP contribution in [0.3, 0.4) is 0 Å². The number of halogens is 1. The number of Topliss-reactive ketones (excluding diaryl/α,β-unsaturated/α-hetero) is 1. The van der Waals surface area contributed by atoms with Crippen molar-refractivity contribution in [1.82, 2.24) is 4.98 Å². The highest BCUT2D eigenvalue weighted by Gasteiger charge is 2.48. The molecule has 1 aromatic heterocycles. The van der Waals surface area contributed by atoms with Crippen molar-refractivity contribution in [3.8, 4) is 5.75 Å². The number of aliphatic hydroxyl groups is 1. The van der Waals surface area contributed by atoms with Crippen LogP contribution in [0.4, 0.5) is 5.13 Å². The van der Waals surface area contributed by atoms with Crippen molar-refractivity contribution in [2.75, 3.05) is 18.1 Å². The van der Waals surface area contributed by atoms with E-state index in [0.717, 1.165) is 24.2 Å². The van der Waals surface area contributed by atoms with E-state index in [1.165, 1.54) is 4.90 Å². The fourth-order valence-corrected chi connectivity index (χ4v) is 5.39. The van der Waals surface area contributed by atoms with Crippen LogP contribution >= 0.6 is 22.9 Å². The lowest BCUT2D eigenvalue weighted by Crippen LogP contribution is -2.29. The predicted octanol–water partition coefficient (Wildman–Crippen LogP) is 6.72. The number of aliphatic hydroxyl groups excluding tert-OH is 1. The number of rotatable bonds is 10. The number of nitrogens with zero attached hydrogens (tertiary/aromatic N) is 2. The fourth-order valence-electron chi connectivity index (χ4n) is 4.20. The van der Waals surface area contributed by atoms with Gasteiger partial charge in [0.25, 0.3) is 5.78 Å². The third-order valence-corrected chi connectivity index (χ3v) is 7.60. The van der Waals surface area contributed by atoms with Crippen LogP contribution in [0.2, 0.25) is 5.02 Å². The number of unbranched alkanes of at least 4 members (excludes halogenated alkanes) is 1.